The smallest absolute Gasteiger partial charge is 0.247 e. The minimum Gasteiger partial charge on any atom is -0.344 e. The molecule has 0 fully saturated rings. The fourth-order valence-corrected chi connectivity index (χ4v) is 2.74. The lowest BCUT2D eigenvalue weighted by Crippen LogP contribution is -2.47. The van der Waals surface area contributed by atoms with E-state index in [1.807, 2.05) is 68.4 Å². The molecule has 2 aromatic rings. The molecule has 2 rings (SSSR count). The minimum atomic E-state index is -0.575. The van der Waals surface area contributed by atoms with Crippen LogP contribution in [0.25, 0.3) is 0 Å². The van der Waals surface area contributed by atoms with Gasteiger partial charge in [0.05, 0.1) is 6.42 Å². The third-order valence-corrected chi connectivity index (χ3v) is 4.29. The Balaban J connectivity index is 2.03. The first-order valence-electron chi connectivity index (χ1n) is 9.11. The molecule has 0 aliphatic heterocycles. The molecule has 2 N–H and O–H groups in total. The van der Waals surface area contributed by atoms with Crippen LogP contribution >= 0.6 is 0 Å². The summed E-state index contributed by atoms with van der Waals surface area (Å²) in [6.45, 7) is 8.08. The molecule has 0 spiro atoms. The van der Waals surface area contributed by atoms with Crippen LogP contribution < -0.4 is 10.6 Å². The molecule has 2 amide bonds. The monoisotopic (exact) mass is 352 g/mol. The zero-order valence-corrected chi connectivity index (χ0v) is 16.0. The van der Waals surface area contributed by atoms with Crippen molar-refractivity contribution >= 4 is 17.5 Å². The normalized spacial score (nSPS) is 12.1. The second-order valence-corrected chi connectivity index (χ2v) is 7.22. The molecule has 0 bridgehead atoms. The highest BCUT2D eigenvalue weighted by molar-refractivity contribution is 5.97. The molecule has 0 radical (unpaired) electrons. The molecule has 0 aromatic heterocycles. The van der Waals surface area contributed by atoms with Gasteiger partial charge in [0.25, 0.3) is 0 Å². The Morgan fingerprint density at radius 3 is 2.23 bits per heavy atom. The Bertz CT molecular complexity index is 739. The SMILES string of the molecule is CC(C)c1cccc(NC(=O)[C@@H](NC(=O)Cc2ccccc2)C(C)C)c1. The van der Waals surface area contributed by atoms with Crippen molar-refractivity contribution in [3.63, 3.8) is 0 Å². The summed E-state index contributed by atoms with van der Waals surface area (Å²) in [5, 5.41) is 5.81. The third-order valence-electron chi connectivity index (χ3n) is 4.29. The van der Waals surface area contributed by atoms with Gasteiger partial charge in [0.15, 0.2) is 0 Å². The van der Waals surface area contributed by atoms with Crippen LogP contribution in [0.2, 0.25) is 0 Å². The van der Waals surface area contributed by atoms with Gasteiger partial charge in [0.2, 0.25) is 11.8 Å². The number of carbonyl (C=O) groups is 2. The summed E-state index contributed by atoms with van der Waals surface area (Å²) in [6, 6.07) is 16.8. The van der Waals surface area contributed by atoms with Crippen molar-refractivity contribution in [2.24, 2.45) is 5.92 Å². The first-order chi connectivity index (χ1) is 12.4. The van der Waals surface area contributed by atoms with Crippen LogP contribution in [0.5, 0.6) is 0 Å². The van der Waals surface area contributed by atoms with Gasteiger partial charge in [-0.15, -0.1) is 0 Å². The molecular formula is C22H28N2O2. The van der Waals surface area contributed by atoms with E-state index in [0.717, 1.165) is 16.8 Å². The molecule has 2 aromatic carbocycles. The first kappa shape index (κ1) is 19.7. The van der Waals surface area contributed by atoms with Crippen LogP contribution in [0.1, 0.15) is 44.7 Å². The number of nitrogens with one attached hydrogen (secondary N) is 2. The van der Waals surface area contributed by atoms with E-state index in [0.29, 0.717) is 5.92 Å². The Morgan fingerprint density at radius 1 is 0.923 bits per heavy atom. The van der Waals surface area contributed by atoms with Crippen LogP contribution in [0.4, 0.5) is 5.69 Å². The number of rotatable bonds is 7. The molecule has 0 unspecified atom stereocenters. The molecule has 1 atom stereocenters. The van der Waals surface area contributed by atoms with Crippen LogP contribution in [0.15, 0.2) is 54.6 Å². The average Bonchev–Trinajstić information content (AvgIpc) is 2.60. The summed E-state index contributed by atoms with van der Waals surface area (Å²) in [5.41, 5.74) is 2.85. The van der Waals surface area contributed by atoms with E-state index >= 15 is 0 Å². The number of carbonyl (C=O) groups excluding carboxylic acids is 2. The van der Waals surface area contributed by atoms with E-state index in [4.69, 9.17) is 0 Å². The van der Waals surface area contributed by atoms with Crippen molar-refractivity contribution in [2.45, 2.75) is 46.1 Å². The number of anilines is 1. The fourth-order valence-electron chi connectivity index (χ4n) is 2.74. The van der Waals surface area contributed by atoms with E-state index in [1.54, 1.807) is 0 Å². The minimum absolute atomic E-state index is 0.0111. The van der Waals surface area contributed by atoms with Gasteiger partial charge in [-0.25, -0.2) is 0 Å². The lowest BCUT2D eigenvalue weighted by Gasteiger charge is -2.22. The predicted molar refractivity (Wildman–Crippen MR) is 106 cm³/mol. The zero-order chi connectivity index (χ0) is 19.1. The number of hydrogen-bond acceptors (Lipinski definition) is 2. The van der Waals surface area contributed by atoms with Gasteiger partial charge in [0, 0.05) is 5.69 Å². The van der Waals surface area contributed by atoms with Crippen LogP contribution in [0, 0.1) is 5.92 Å². The first-order valence-corrected chi connectivity index (χ1v) is 9.11. The zero-order valence-electron chi connectivity index (χ0n) is 16.0. The Hall–Kier alpha value is -2.62. The van der Waals surface area contributed by atoms with Crippen LogP contribution in [0.3, 0.4) is 0 Å². The van der Waals surface area contributed by atoms with Crippen molar-refractivity contribution in [1.29, 1.82) is 0 Å². The molecule has 0 heterocycles. The quantitative estimate of drug-likeness (QED) is 0.787. The maximum absolute atomic E-state index is 12.7. The second-order valence-electron chi connectivity index (χ2n) is 7.22. The second kappa shape index (κ2) is 9.18. The summed E-state index contributed by atoms with van der Waals surface area (Å²) in [4.78, 5) is 25.0. The molecule has 0 aliphatic carbocycles. The number of benzene rings is 2. The number of hydrogen-bond donors (Lipinski definition) is 2. The van der Waals surface area contributed by atoms with E-state index in [-0.39, 0.29) is 24.2 Å². The summed E-state index contributed by atoms with van der Waals surface area (Å²) in [5.74, 6) is 0.0321. The topological polar surface area (TPSA) is 58.2 Å². The molecular weight excluding hydrogens is 324 g/mol. The Morgan fingerprint density at radius 2 is 1.62 bits per heavy atom. The Labute approximate surface area is 156 Å². The van der Waals surface area contributed by atoms with E-state index in [2.05, 4.69) is 24.5 Å². The van der Waals surface area contributed by atoms with Gasteiger partial charge in [-0.3, -0.25) is 9.59 Å². The van der Waals surface area contributed by atoms with Crippen LogP contribution in [-0.4, -0.2) is 17.9 Å². The molecule has 0 saturated heterocycles. The lowest BCUT2D eigenvalue weighted by molar-refractivity contribution is -0.127. The highest BCUT2D eigenvalue weighted by Crippen LogP contribution is 2.19. The summed E-state index contributed by atoms with van der Waals surface area (Å²) >= 11 is 0. The van der Waals surface area contributed by atoms with Gasteiger partial charge in [0.1, 0.15) is 6.04 Å². The summed E-state index contributed by atoms with van der Waals surface area (Å²) in [6.07, 6.45) is 0.264. The Kier molecular flexibility index (Phi) is 6.96. The molecule has 0 saturated carbocycles. The molecule has 4 heteroatoms. The van der Waals surface area contributed by atoms with Gasteiger partial charge in [-0.05, 0) is 35.1 Å². The average molecular weight is 352 g/mol. The van der Waals surface area contributed by atoms with Crippen molar-refractivity contribution in [3.8, 4) is 0 Å². The fraction of sp³-hybridized carbons (Fsp3) is 0.364. The molecule has 4 nitrogen and oxygen atoms in total. The van der Waals surface area contributed by atoms with Gasteiger partial charge in [-0.2, -0.15) is 0 Å². The lowest BCUT2D eigenvalue weighted by atomic mass is 10.0. The van der Waals surface area contributed by atoms with Crippen LogP contribution in [-0.2, 0) is 16.0 Å². The van der Waals surface area contributed by atoms with Crippen molar-refractivity contribution in [2.75, 3.05) is 5.32 Å². The standard InChI is InChI=1S/C22H28N2O2/c1-15(2)18-11-8-12-19(14-18)23-22(26)21(16(3)4)24-20(25)13-17-9-6-5-7-10-17/h5-12,14-16,21H,13H2,1-4H3,(H,23,26)(H,24,25)/t21-/m0/s1. The summed E-state index contributed by atoms with van der Waals surface area (Å²) in [7, 11) is 0. The largest absolute Gasteiger partial charge is 0.344 e. The maximum atomic E-state index is 12.7. The van der Waals surface area contributed by atoms with Crippen molar-refractivity contribution in [3.05, 3.63) is 65.7 Å². The van der Waals surface area contributed by atoms with Gasteiger partial charge in [-0.1, -0.05) is 70.2 Å². The molecule has 138 valence electrons. The highest BCUT2D eigenvalue weighted by Gasteiger charge is 2.24. The van der Waals surface area contributed by atoms with Gasteiger partial charge < -0.3 is 10.6 Å². The summed E-state index contributed by atoms with van der Waals surface area (Å²) < 4.78 is 0. The predicted octanol–water partition coefficient (Wildman–Crippen LogP) is 4.13. The van der Waals surface area contributed by atoms with E-state index in [1.165, 1.54) is 0 Å². The maximum Gasteiger partial charge on any atom is 0.247 e. The number of amides is 2. The highest BCUT2D eigenvalue weighted by atomic mass is 16.2. The van der Waals surface area contributed by atoms with Crippen molar-refractivity contribution < 1.29 is 9.59 Å². The van der Waals surface area contributed by atoms with Crippen molar-refractivity contribution in [1.82, 2.24) is 5.32 Å². The van der Waals surface area contributed by atoms with E-state index in [9.17, 15) is 9.59 Å². The van der Waals surface area contributed by atoms with E-state index < -0.39 is 6.04 Å². The molecule has 26 heavy (non-hydrogen) atoms. The molecule has 0 aliphatic rings. The third kappa shape index (κ3) is 5.73. The van der Waals surface area contributed by atoms with Gasteiger partial charge >= 0.3 is 0 Å².